The fraction of sp³-hybridized carbons (Fsp3) is 0.737. The number of nitrogens with one attached hydrogen (secondary N) is 1. The molecule has 0 radical (unpaired) electrons. The van der Waals surface area contributed by atoms with Gasteiger partial charge < -0.3 is 29.7 Å². The van der Waals surface area contributed by atoms with Crippen LogP contribution in [0.2, 0.25) is 0 Å². The number of aromatic nitrogens is 2. The maximum Gasteiger partial charge on any atom is 0.498 e. The minimum Gasteiger partial charge on any atom is -0.399 e. The van der Waals surface area contributed by atoms with Gasteiger partial charge >= 0.3 is 7.12 Å². The summed E-state index contributed by atoms with van der Waals surface area (Å²) in [7, 11) is -0.481. The predicted molar refractivity (Wildman–Crippen MR) is 109 cm³/mol. The van der Waals surface area contributed by atoms with Gasteiger partial charge in [0.25, 0.3) is 5.91 Å². The van der Waals surface area contributed by atoms with Crippen molar-refractivity contribution in [3.8, 4) is 0 Å². The molecule has 0 spiro atoms. The summed E-state index contributed by atoms with van der Waals surface area (Å²) in [4.78, 5) is 22.2. The van der Waals surface area contributed by atoms with Crippen LogP contribution in [0.15, 0.2) is 12.4 Å². The number of anilines is 1. The van der Waals surface area contributed by atoms with Crippen molar-refractivity contribution < 1.29 is 24.3 Å². The van der Waals surface area contributed by atoms with Crippen LogP contribution in [0, 0.1) is 5.92 Å². The Bertz CT molecular complexity index is 691. The monoisotopic (exact) mass is 406 g/mol. The second kappa shape index (κ2) is 8.55. The van der Waals surface area contributed by atoms with Gasteiger partial charge in [0.05, 0.1) is 17.8 Å². The van der Waals surface area contributed by atoms with Crippen molar-refractivity contribution in [2.24, 2.45) is 5.92 Å². The summed E-state index contributed by atoms with van der Waals surface area (Å²) in [6.45, 7) is 9.34. The normalized spacial score (nSPS) is 22.6. The number of carbonyl (C=O) groups is 1. The molecule has 1 amide bonds. The van der Waals surface area contributed by atoms with E-state index in [2.05, 4.69) is 15.3 Å². The van der Waals surface area contributed by atoms with Crippen molar-refractivity contribution >= 4 is 24.4 Å². The number of amides is 1. The lowest BCUT2D eigenvalue weighted by Gasteiger charge is -2.33. The van der Waals surface area contributed by atoms with E-state index >= 15 is 0 Å². The lowest BCUT2D eigenvalue weighted by Crippen LogP contribution is -2.45. The van der Waals surface area contributed by atoms with E-state index in [1.54, 1.807) is 17.3 Å². The number of hydrogen-bond donors (Lipinski definition) is 3. The minimum atomic E-state index is -1.32. The molecule has 160 valence electrons. The molecule has 29 heavy (non-hydrogen) atoms. The molecule has 1 atom stereocenters. The van der Waals surface area contributed by atoms with Gasteiger partial charge in [0.1, 0.15) is 0 Å². The van der Waals surface area contributed by atoms with Crippen LogP contribution < -0.4 is 10.8 Å². The highest BCUT2D eigenvalue weighted by Gasteiger charge is 2.51. The molecule has 3 rings (SSSR count). The third-order valence-electron chi connectivity index (χ3n) is 6.13. The zero-order valence-electron chi connectivity index (χ0n) is 17.6. The Hall–Kier alpha value is -1.75. The predicted octanol–water partition coefficient (Wildman–Crippen LogP) is -0.220. The van der Waals surface area contributed by atoms with E-state index in [9.17, 15) is 9.90 Å². The van der Waals surface area contributed by atoms with Gasteiger partial charge in [0.15, 0.2) is 6.10 Å². The van der Waals surface area contributed by atoms with Crippen molar-refractivity contribution in [3.05, 3.63) is 12.4 Å². The van der Waals surface area contributed by atoms with Crippen LogP contribution in [0.25, 0.3) is 0 Å². The van der Waals surface area contributed by atoms with Crippen LogP contribution in [0.1, 0.15) is 40.5 Å². The van der Waals surface area contributed by atoms with Gasteiger partial charge in [-0.15, -0.1) is 0 Å². The molecule has 9 nitrogen and oxygen atoms in total. The van der Waals surface area contributed by atoms with E-state index in [-0.39, 0.29) is 0 Å². The average Bonchev–Trinajstić information content (AvgIpc) is 2.93. The number of carbonyl (C=O) groups excluding carboxylic acids is 1. The molecule has 2 fully saturated rings. The van der Waals surface area contributed by atoms with E-state index in [1.807, 2.05) is 27.7 Å². The lowest BCUT2D eigenvalue weighted by atomic mass is 9.81. The summed E-state index contributed by atoms with van der Waals surface area (Å²) in [5.41, 5.74) is -0.0284. The fourth-order valence-corrected chi connectivity index (χ4v) is 3.41. The summed E-state index contributed by atoms with van der Waals surface area (Å²) in [6.07, 6.45) is 3.76. The molecule has 3 N–H and O–H groups in total. The Kier molecular flexibility index (Phi) is 6.47. The van der Waals surface area contributed by atoms with Crippen molar-refractivity contribution in [2.75, 3.05) is 31.6 Å². The molecule has 2 saturated heterocycles. The molecule has 2 aliphatic rings. The standard InChI is InChI=1S/C19H31BN4O5/c1-18(2)19(3,4)29-20(28-18)14-10-22-17(23-11-14)21-9-13-5-7-24(8-6-13)16(27)15(26)12-25/h10-11,13,15,25-26H,5-9,12H2,1-4H3,(H,21,22,23). The quantitative estimate of drug-likeness (QED) is 0.556. The highest BCUT2D eigenvalue weighted by Crippen LogP contribution is 2.36. The number of hydrogen-bond acceptors (Lipinski definition) is 8. The van der Waals surface area contributed by atoms with E-state index in [4.69, 9.17) is 14.4 Å². The average molecular weight is 406 g/mol. The SMILES string of the molecule is CC1(C)OB(c2cnc(NCC3CCN(C(=O)C(O)CO)CC3)nc2)OC1(C)C. The number of piperidine rings is 1. The molecular weight excluding hydrogens is 375 g/mol. The molecule has 3 heterocycles. The molecule has 0 aliphatic carbocycles. The Labute approximate surface area is 172 Å². The third-order valence-corrected chi connectivity index (χ3v) is 6.13. The Morgan fingerprint density at radius 3 is 2.31 bits per heavy atom. The molecule has 0 saturated carbocycles. The molecule has 2 aliphatic heterocycles. The Morgan fingerprint density at radius 1 is 1.24 bits per heavy atom. The van der Waals surface area contributed by atoms with Gasteiger partial charge in [-0.2, -0.15) is 0 Å². The van der Waals surface area contributed by atoms with E-state index < -0.39 is 36.9 Å². The van der Waals surface area contributed by atoms with Gasteiger partial charge in [-0.25, -0.2) is 9.97 Å². The maximum absolute atomic E-state index is 11.9. The highest BCUT2D eigenvalue weighted by atomic mass is 16.7. The summed E-state index contributed by atoms with van der Waals surface area (Å²) in [5, 5.41) is 21.6. The van der Waals surface area contributed by atoms with Crippen molar-refractivity contribution in [2.45, 2.75) is 57.8 Å². The van der Waals surface area contributed by atoms with E-state index in [1.165, 1.54) is 0 Å². The van der Waals surface area contributed by atoms with Gasteiger partial charge in [0.2, 0.25) is 5.95 Å². The van der Waals surface area contributed by atoms with Crippen LogP contribution in [0.4, 0.5) is 5.95 Å². The molecule has 1 aromatic heterocycles. The molecule has 1 aromatic rings. The topological polar surface area (TPSA) is 117 Å². The van der Waals surface area contributed by atoms with Gasteiger partial charge in [-0.3, -0.25) is 4.79 Å². The highest BCUT2D eigenvalue weighted by molar-refractivity contribution is 6.61. The van der Waals surface area contributed by atoms with Crippen LogP contribution >= 0.6 is 0 Å². The number of aliphatic hydroxyl groups is 2. The van der Waals surface area contributed by atoms with Crippen LogP contribution in [0.5, 0.6) is 0 Å². The van der Waals surface area contributed by atoms with Crippen molar-refractivity contribution in [1.29, 1.82) is 0 Å². The lowest BCUT2D eigenvalue weighted by molar-refractivity contribution is -0.143. The maximum atomic E-state index is 11.9. The number of aliphatic hydroxyl groups excluding tert-OH is 2. The third kappa shape index (κ3) is 4.88. The van der Waals surface area contributed by atoms with Crippen LogP contribution in [0.3, 0.4) is 0 Å². The van der Waals surface area contributed by atoms with Gasteiger partial charge in [0, 0.05) is 37.5 Å². The van der Waals surface area contributed by atoms with E-state index in [0.717, 1.165) is 18.3 Å². The molecular formula is C19H31BN4O5. The first-order valence-corrected chi connectivity index (χ1v) is 10.1. The first-order chi connectivity index (χ1) is 13.6. The number of likely N-dealkylation sites (tertiary alicyclic amines) is 1. The van der Waals surface area contributed by atoms with Crippen molar-refractivity contribution in [1.82, 2.24) is 14.9 Å². The summed E-state index contributed by atoms with van der Waals surface area (Å²) < 4.78 is 12.0. The second-order valence-electron chi connectivity index (χ2n) is 8.78. The zero-order chi connectivity index (χ0) is 21.2. The van der Waals surface area contributed by atoms with E-state index in [0.29, 0.717) is 31.5 Å². The molecule has 0 bridgehead atoms. The Balaban J connectivity index is 1.46. The number of rotatable bonds is 6. The smallest absolute Gasteiger partial charge is 0.399 e. The minimum absolute atomic E-state index is 0.386. The van der Waals surface area contributed by atoms with Crippen LogP contribution in [-0.2, 0) is 14.1 Å². The first-order valence-electron chi connectivity index (χ1n) is 10.1. The summed E-state index contributed by atoms with van der Waals surface area (Å²) in [6, 6.07) is 0. The second-order valence-corrected chi connectivity index (χ2v) is 8.78. The molecule has 0 aromatic carbocycles. The largest absolute Gasteiger partial charge is 0.498 e. The summed E-state index contributed by atoms with van der Waals surface area (Å²) in [5.74, 6) is 0.525. The Morgan fingerprint density at radius 2 is 1.79 bits per heavy atom. The van der Waals surface area contributed by atoms with Crippen LogP contribution in [-0.4, -0.2) is 81.7 Å². The fourth-order valence-electron chi connectivity index (χ4n) is 3.41. The molecule has 1 unspecified atom stereocenters. The number of nitrogens with zero attached hydrogens (tertiary/aromatic N) is 3. The van der Waals surface area contributed by atoms with Gasteiger partial charge in [-0.05, 0) is 46.5 Å². The first kappa shape index (κ1) is 22.0. The summed E-state index contributed by atoms with van der Waals surface area (Å²) >= 11 is 0. The van der Waals surface area contributed by atoms with Crippen molar-refractivity contribution in [3.63, 3.8) is 0 Å². The van der Waals surface area contributed by atoms with Gasteiger partial charge in [-0.1, -0.05) is 0 Å². The molecule has 10 heteroatoms. The zero-order valence-corrected chi connectivity index (χ0v) is 17.6.